The molecule has 0 saturated heterocycles. The smallest absolute Gasteiger partial charge is 0.120 e. The Morgan fingerprint density at radius 1 is 0.576 bits per heavy atom. The Hall–Kier alpha value is -3.07. The SMILES string of the molecule is CN(C)CC(C)(C)Oc1ccc(-c2cc(-c3ccccc3)cc(-c3ccccc3)c2)cc1.Cl. The van der Waals surface area contributed by atoms with E-state index in [1.165, 1.54) is 33.4 Å². The molecule has 4 rings (SSSR count). The summed E-state index contributed by atoms with van der Waals surface area (Å²) in [5.74, 6) is 0.892. The minimum Gasteiger partial charge on any atom is -0.487 e. The van der Waals surface area contributed by atoms with Crippen molar-refractivity contribution in [3.63, 3.8) is 0 Å². The maximum Gasteiger partial charge on any atom is 0.120 e. The van der Waals surface area contributed by atoms with Gasteiger partial charge < -0.3 is 9.64 Å². The van der Waals surface area contributed by atoms with Crippen LogP contribution in [-0.4, -0.2) is 31.1 Å². The molecule has 0 bridgehead atoms. The zero-order chi connectivity index (χ0) is 22.6. The molecule has 0 unspecified atom stereocenters. The average Bonchev–Trinajstić information content (AvgIpc) is 2.79. The van der Waals surface area contributed by atoms with Gasteiger partial charge in [0.15, 0.2) is 0 Å². The summed E-state index contributed by atoms with van der Waals surface area (Å²) in [7, 11) is 4.14. The van der Waals surface area contributed by atoms with E-state index >= 15 is 0 Å². The average molecular weight is 458 g/mol. The summed E-state index contributed by atoms with van der Waals surface area (Å²) < 4.78 is 6.25. The number of benzene rings is 4. The fraction of sp³-hybridized carbons (Fsp3) is 0.200. The van der Waals surface area contributed by atoms with Crippen molar-refractivity contribution < 1.29 is 4.74 Å². The molecular weight excluding hydrogens is 426 g/mol. The highest BCUT2D eigenvalue weighted by atomic mass is 35.5. The zero-order valence-corrected chi connectivity index (χ0v) is 20.6. The minimum absolute atomic E-state index is 0. The Morgan fingerprint density at radius 3 is 1.36 bits per heavy atom. The molecule has 170 valence electrons. The van der Waals surface area contributed by atoms with Crippen molar-refractivity contribution in [3.05, 3.63) is 103 Å². The van der Waals surface area contributed by atoms with Crippen molar-refractivity contribution in [1.82, 2.24) is 4.90 Å². The Balaban J connectivity index is 0.00000306. The van der Waals surface area contributed by atoms with E-state index in [-0.39, 0.29) is 18.0 Å². The number of rotatable bonds is 7. The highest BCUT2D eigenvalue weighted by molar-refractivity contribution is 5.85. The van der Waals surface area contributed by atoms with Gasteiger partial charge in [-0.25, -0.2) is 0 Å². The third-order valence-corrected chi connectivity index (χ3v) is 5.43. The van der Waals surface area contributed by atoms with Gasteiger partial charge in [0, 0.05) is 6.54 Å². The molecule has 0 aliphatic carbocycles. The van der Waals surface area contributed by atoms with E-state index in [0.29, 0.717) is 0 Å². The van der Waals surface area contributed by atoms with Crippen molar-refractivity contribution in [1.29, 1.82) is 0 Å². The molecule has 4 aromatic rings. The summed E-state index contributed by atoms with van der Waals surface area (Å²) in [5.41, 5.74) is 7.00. The first-order valence-electron chi connectivity index (χ1n) is 11.1. The van der Waals surface area contributed by atoms with Crippen LogP contribution < -0.4 is 4.74 Å². The maximum atomic E-state index is 6.25. The predicted molar refractivity (Wildman–Crippen MR) is 143 cm³/mol. The first-order chi connectivity index (χ1) is 15.4. The van der Waals surface area contributed by atoms with Crippen LogP contribution in [-0.2, 0) is 0 Å². The second kappa shape index (κ2) is 10.7. The lowest BCUT2D eigenvalue weighted by molar-refractivity contribution is 0.0775. The first kappa shape index (κ1) is 24.6. The van der Waals surface area contributed by atoms with Crippen LogP contribution >= 0.6 is 12.4 Å². The molecule has 3 heteroatoms. The van der Waals surface area contributed by atoms with Gasteiger partial charge in [-0.15, -0.1) is 12.4 Å². The van der Waals surface area contributed by atoms with Gasteiger partial charge in [-0.1, -0.05) is 72.8 Å². The van der Waals surface area contributed by atoms with Gasteiger partial charge >= 0.3 is 0 Å². The second-order valence-electron chi connectivity index (χ2n) is 9.16. The Kier molecular flexibility index (Phi) is 7.97. The molecule has 0 radical (unpaired) electrons. The molecule has 0 N–H and O–H groups in total. The molecule has 0 amide bonds. The molecule has 33 heavy (non-hydrogen) atoms. The van der Waals surface area contributed by atoms with Crippen LogP contribution in [0.2, 0.25) is 0 Å². The monoisotopic (exact) mass is 457 g/mol. The molecule has 0 atom stereocenters. The third kappa shape index (κ3) is 6.47. The summed E-state index contributed by atoms with van der Waals surface area (Å²) in [4.78, 5) is 2.15. The Morgan fingerprint density at radius 2 is 0.970 bits per heavy atom. The predicted octanol–water partition coefficient (Wildman–Crippen LogP) is 7.83. The Labute approximate surface area is 204 Å². The van der Waals surface area contributed by atoms with Crippen molar-refractivity contribution in [2.45, 2.75) is 19.4 Å². The van der Waals surface area contributed by atoms with Crippen molar-refractivity contribution in [2.75, 3.05) is 20.6 Å². The lowest BCUT2D eigenvalue weighted by Crippen LogP contribution is -2.39. The zero-order valence-electron chi connectivity index (χ0n) is 19.8. The van der Waals surface area contributed by atoms with E-state index in [1.807, 2.05) is 0 Å². The molecule has 2 nitrogen and oxygen atoms in total. The summed E-state index contributed by atoms with van der Waals surface area (Å²) in [6.07, 6.45) is 0. The largest absolute Gasteiger partial charge is 0.487 e. The number of hydrogen-bond acceptors (Lipinski definition) is 2. The fourth-order valence-electron chi connectivity index (χ4n) is 4.22. The van der Waals surface area contributed by atoms with Crippen molar-refractivity contribution >= 4 is 12.4 Å². The van der Waals surface area contributed by atoms with Gasteiger partial charge in [-0.05, 0) is 91.7 Å². The minimum atomic E-state index is -0.251. The van der Waals surface area contributed by atoms with Crippen LogP contribution in [0.15, 0.2) is 103 Å². The summed E-state index contributed by atoms with van der Waals surface area (Å²) in [6.45, 7) is 5.10. The van der Waals surface area contributed by atoms with E-state index in [9.17, 15) is 0 Å². The summed E-state index contributed by atoms with van der Waals surface area (Å²) >= 11 is 0. The molecular formula is C30H32ClNO. The van der Waals surface area contributed by atoms with E-state index in [1.54, 1.807) is 0 Å². The molecule has 0 spiro atoms. The lowest BCUT2D eigenvalue weighted by atomic mass is 9.93. The van der Waals surface area contributed by atoms with Gasteiger partial charge in [0.05, 0.1) is 0 Å². The van der Waals surface area contributed by atoms with E-state index < -0.39 is 0 Å². The molecule has 0 aliphatic heterocycles. The van der Waals surface area contributed by atoms with Crippen LogP contribution in [0.5, 0.6) is 5.75 Å². The number of hydrogen-bond donors (Lipinski definition) is 0. The van der Waals surface area contributed by atoms with Crippen molar-refractivity contribution in [2.24, 2.45) is 0 Å². The molecule has 4 aromatic carbocycles. The second-order valence-corrected chi connectivity index (χ2v) is 9.16. The number of halogens is 1. The van der Waals surface area contributed by atoms with Crippen LogP contribution in [0.3, 0.4) is 0 Å². The maximum absolute atomic E-state index is 6.25. The van der Waals surface area contributed by atoms with Crippen LogP contribution in [0, 0.1) is 0 Å². The molecule has 0 aromatic heterocycles. The molecule has 0 saturated carbocycles. The normalized spacial score (nSPS) is 11.2. The molecule has 0 fully saturated rings. The summed E-state index contributed by atoms with van der Waals surface area (Å²) in [6, 6.07) is 36.4. The number of ether oxygens (including phenoxy) is 1. The molecule has 0 heterocycles. The van der Waals surface area contributed by atoms with E-state index in [4.69, 9.17) is 4.74 Å². The standard InChI is InChI=1S/C30H31NO.ClH/c1-30(2,22-31(3)4)32-29-17-15-25(16-18-29)28-20-26(23-11-7-5-8-12-23)19-27(21-28)24-13-9-6-10-14-24;/h5-21H,22H2,1-4H3;1H. The van der Waals surface area contributed by atoms with Gasteiger partial charge in [0.1, 0.15) is 11.4 Å². The van der Waals surface area contributed by atoms with Gasteiger partial charge in [0.25, 0.3) is 0 Å². The topological polar surface area (TPSA) is 12.5 Å². The third-order valence-electron chi connectivity index (χ3n) is 5.43. The highest BCUT2D eigenvalue weighted by Crippen LogP contribution is 2.33. The summed E-state index contributed by atoms with van der Waals surface area (Å²) in [5, 5.41) is 0. The number of likely N-dealkylation sites (N-methyl/N-ethyl adjacent to an activating group) is 1. The van der Waals surface area contributed by atoms with Crippen molar-refractivity contribution in [3.8, 4) is 39.1 Å². The van der Waals surface area contributed by atoms with Crippen LogP contribution in [0.25, 0.3) is 33.4 Å². The van der Waals surface area contributed by atoms with Gasteiger partial charge in [-0.3, -0.25) is 0 Å². The quantitative estimate of drug-likeness (QED) is 0.280. The Bertz CT molecular complexity index is 1100. The van der Waals surface area contributed by atoms with E-state index in [2.05, 4.69) is 136 Å². The van der Waals surface area contributed by atoms with Gasteiger partial charge in [-0.2, -0.15) is 0 Å². The first-order valence-corrected chi connectivity index (χ1v) is 11.1. The van der Waals surface area contributed by atoms with Crippen LogP contribution in [0.1, 0.15) is 13.8 Å². The lowest BCUT2D eigenvalue weighted by Gasteiger charge is -2.29. The highest BCUT2D eigenvalue weighted by Gasteiger charge is 2.20. The fourth-order valence-corrected chi connectivity index (χ4v) is 4.22. The van der Waals surface area contributed by atoms with Crippen LogP contribution in [0.4, 0.5) is 0 Å². The number of nitrogens with zero attached hydrogens (tertiary/aromatic N) is 1. The van der Waals surface area contributed by atoms with E-state index in [0.717, 1.165) is 12.3 Å². The van der Waals surface area contributed by atoms with Gasteiger partial charge in [0.2, 0.25) is 0 Å². The molecule has 0 aliphatic rings.